The number of benzene rings is 2. The summed E-state index contributed by atoms with van der Waals surface area (Å²) < 4.78 is 9.97. The Morgan fingerprint density at radius 1 is 0.958 bits per heavy atom. The Morgan fingerprint density at radius 3 is 2.12 bits per heavy atom. The van der Waals surface area contributed by atoms with E-state index < -0.39 is 18.0 Å². The fourth-order valence-electron chi connectivity index (χ4n) is 2.16. The molecule has 126 valence electrons. The number of methoxy groups -OCH3 is 1. The van der Waals surface area contributed by atoms with Gasteiger partial charge in [0.05, 0.1) is 13.5 Å². The summed E-state index contributed by atoms with van der Waals surface area (Å²) in [5, 5.41) is 3.06. The normalized spacial score (nSPS) is 11.5. The number of rotatable bonds is 8. The van der Waals surface area contributed by atoms with Crippen molar-refractivity contribution < 1.29 is 19.1 Å². The topological polar surface area (TPSA) is 64.6 Å². The zero-order valence-electron chi connectivity index (χ0n) is 13.6. The third kappa shape index (κ3) is 5.85. The molecule has 5 heteroatoms. The smallest absolute Gasteiger partial charge is 0.324 e. The van der Waals surface area contributed by atoms with E-state index in [0.29, 0.717) is 6.54 Å². The van der Waals surface area contributed by atoms with Crippen LogP contribution in [0.5, 0.6) is 0 Å². The van der Waals surface area contributed by atoms with Crippen LogP contribution in [-0.2, 0) is 32.2 Å². The summed E-state index contributed by atoms with van der Waals surface area (Å²) in [6.45, 7) is 0.632. The lowest BCUT2D eigenvalue weighted by Crippen LogP contribution is -2.39. The quantitative estimate of drug-likeness (QED) is 0.755. The van der Waals surface area contributed by atoms with E-state index in [-0.39, 0.29) is 13.0 Å². The molecule has 0 saturated heterocycles. The van der Waals surface area contributed by atoms with Crippen molar-refractivity contribution in [1.82, 2.24) is 5.32 Å². The molecular weight excluding hydrogens is 306 g/mol. The third-order valence-corrected chi connectivity index (χ3v) is 3.50. The highest BCUT2D eigenvalue weighted by atomic mass is 16.5. The maximum absolute atomic E-state index is 12.3. The predicted molar refractivity (Wildman–Crippen MR) is 89.9 cm³/mol. The first-order chi connectivity index (χ1) is 11.7. The number of hydrogen-bond acceptors (Lipinski definition) is 5. The average Bonchev–Trinajstić information content (AvgIpc) is 2.64. The number of nitrogens with one attached hydrogen (secondary N) is 1. The van der Waals surface area contributed by atoms with Gasteiger partial charge in [-0.1, -0.05) is 60.7 Å². The number of carbonyl (C=O) groups is 2. The Kier molecular flexibility index (Phi) is 6.98. The van der Waals surface area contributed by atoms with Gasteiger partial charge in [-0.05, 0) is 11.1 Å². The van der Waals surface area contributed by atoms with E-state index in [1.54, 1.807) is 0 Å². The largest absolute Gasteiger partial charge is 0.469 e. The van der Waals surface area contributed by atoms with Crippen molar-refractivity contribution in [3.8, 4) is 0 Å². The molecule has 0 aliphatic rings. The Labute approximate surface area is 141 Å². The van der Waals surface area contributed by atoms with Crippen LogP contribution in [0.3, 0.4) is 0 Å². The van der Waals surface area contributed by atoms with Crippen molar-refractivity contribution in [3.05, 3.63) is 71.8 Å². The number of hydrogen-bond donors (Lipinski definition) is 1. The molecule has 0 amide bonds. The lowest BCUT2D eigenvalue weighted by Gasteiger charge is -2.17. The molecule has 0 spiro atoms. The molecule has 2 aromatic rings. The number of ether oxygens (including phenoxy) is 2. The van der Waals surface area contributed by atoms with Crippen LogP contribution < -0.4 is 5.32 Å². The molecule has 0 radical (unpaired) electrons. The fraction of sp³-hybridized carbons (Fsp3) is 0.263. The molecule has 0 heterocycles. The second-order valence-electron chi connectivity index (χ2n) is 5.29. The summed E-state index contributed by atoms with van der Waals surface area (Å²) in [6.07, 6.45) is -0.0725. The minimum absolute atomic E-state index is 0.0725. The van der Waals surface area contributed by atoms with Crippen molar-refractivity contribution in [3.63, 3.8) is 0 Å². The summed E-state index contributed by atoms with van der Waals surface area (Å²) in [5.74, 6) is -0.933. The fourth-order valence-corrected chi connectivity index (χ4v) is 2.16. The molecule has 0 bridgehead atoms. The van der Waals surface area contributed by atoms with Crippen molar-refractivity contribution in [1.29, 1.82) is 0 Å². The van der Waals surface area contributed by atoms with Crippen LogP contribution in [0.4, 0.5) is 0 Å². The summed E-state index contributed by atoms with van der Waals surface area (Å²) in [6, 6.07) is 18.3. The molecule has 1 atom stereocenters. The Bertz CT molecular complexity index is 643. The van der Waals surface area contributed by atoms with Gasteiger partial charge in [0.25, 0.3) is 0 Å². The van der Waals surface area contributed by atoms with E-state index in [1.807, 2.05) is 60.7 Å². The highest BCUT2D eigenvalue weighted by molar-refractivity contribution is 5.82. The lowest BCUT2D eigenvalue weighted by molar-refractivity contribution is -0.152. The molecule has 0 fully saturated rings. The Balaban J connectivity index is 1.93. The molecule has 2 rings (SSSR count). The molecule has 5 nitrogen and oxygen atoms in total. The van der Waals surface area contributed by atoms with Gasteiger partial charge in [0.1, 0.15) is 12.6 Å². The van der Waals surface area contributed by atoms with E-state index >= 15 is 0 Å². The van der Waals surface area contributed by atoms with Crippen molar-refractivity contribution in [2.45, 2.75) is 25.6 Å². The zero-order valence-corrected chi connectivity index (χ0v) is 13.6. The van der Waals surface area contributed by atoms with Gasteiger partial charge in [-0.2, -0.15) is 0 Å². The summed E-state index contributed by atoms with van der Waals surface area (Å²) in [7, 11) is 1.30. The molecule has 1 unspecified atom stereocenters. The first-order valence-corrected chi connectivity index (χ1v) is 7.73. The highest BCUT2D eigenvalue weighted by Gasteiger charge is 2.23. The number of esters is 2. The van der Waals surface area contributed by atoms with E-state index in [0.717, 1.165) is 11.1 Å². The SMILES string of the molecule is COC(=O)CC(NCc1ccccc1)C(=O)OCc1ccccc1. The van der Waals surface area contributed by atoms with E-state index in [1.165, 1.54) is 7.11 Å². The molecule has 24 heavy (non-hydrogen) atoms. The molecule has 0 aliphatic carbocycles. The molecule has 1 N–H and O–H groups in total. The van der Waals surface area contributed by atoms with Crippen molar-refractivity contribution >= 4 is 11.9 Å². The third-order valence-electron chi connectivity index (χ3n) is 3.50. The standard InChI is InChI=1S/C19H21NO4/c1-23-18(21)12-17(20-13-15-8-4-2-5-9-15)19(22)24-14-16-10-6-3-7-11-16/h2-11,17,20H,12-14H2,1H3. The van der Waals surface area contributed by atoms with Crippen LogP contribution in [-0.4, -0.2) is 25.1 Å². The van der Waals surface area contributed by atoms with Gasteiger partial charge in [0.15, 0.2) is 0 Å². The monoisotopic (exact) mass is 327 g/mol. The first-order valence-electron chi connectivity index (χ1n) is 7.73. The molecule has 0 aromatic heterocycles. The maximum Gasteiger partial charge on any atom is 0.324 e. The minimum Gasteiger partial charge on any atom is -0.469 e. The van der Waals surface area contributed by atoms with Gasteiger partial charge in [0.2, 0.25) is 0 Å². The van der Waals surface area contributed by atoms with Crippen LogP contribution in [0.2, 0.25) is 0 Å². The van der Waals surface area contributed by atoms with Crippen LogP contribution in [0, 0.1) is 0 Å². The van der Waals surface area contributed by atoms with E-state index in [9.17, 15) is 9.59 Å². The van der Waals surface area contributed by atoms with Gasteiger partial charge in [-0.25, -0.2) is 0 Å². The Morgan fingerprint density at radius 2 is 1.54 bits per heavy atom. The van der Waals surface area contributed by atoms with Crippen LogP contribution >= 0.6 is 0 Å². The van der Waals surface area contributed by atoms with Gasteiger partial charge in [-0.3, -0.25) is 14.9 Å². The van der Waals surface area contributed by atoms with E-state index in [2.05, 4.69) is 10.1 Å². The second-order valence-corrected chi connectivity index (χ2v) is 5.29. The van der Waals surface area contributed by atoms with E-state index in [4.69, 9.17) is 4.74 Å². The van der Waals surface area contributed by atoms with Crippen molar-refractivity contribution in [2.24, 2.45) is 0 Å². The highest BCUT2D eigenvalue weighted by Crippen LogP contribution is 2.06. The van der Waals surface area contributed by atoms with Crippen LogP contribution in [0.25, 0.3) is 0 Å². The molecule has 0 saturated carbocycles. The van der Waals surface area contributed by atoms with Crippen molar-refractivity contribution in [2.75, 3.05) is 7.11 Å². The average molecular weight is 327 g/mol. The summed E-state index contributed by atoms with van der Waals surface area (Å²) in [5.41, 5.74) is 1.91. The molecule has 0 aliphatic heterocycles. The van der Waals surface area contributed by atoms with Crippen LogP contribution in [0.15, 0.2) is 60.7 Å². The Hall–Kier alpha value is -2.66. The second kappa shape index (κ2) is 9.47. The summed E-state index contributed by atoms with van der Waals surface area (Å²) in [4.78, 5) is 23.8. The first kappa shape index (κ1) is 17.7. The summed E-state index contributed by atoms with van der Waals surface area (Å²) >= 11 is 0. The predicted octanol–water partition coefficient (Wildman–Crippen LogP) is 2.45. The van der Waals surface area contributed by atoms with Gasteiger partial charge >= 0.3 is 11.9 Å². The lowest BCUT2D eigenvalue weighted by atomic mass is 10.1. The van der Waals surface area contributed by atoms with Gasteiger partial charge in [0, 0.05) is 6.54 Å². The zero-order chi connectivity index (χ0) is 17.2. The minimum atomic E-state index is -0.749. The van der Waals surface area contributed by atoms with Crippen LogP contribution in [0.1, 0.15) is 17.5 Å². The van der Waals surface area contributed by atoms with Gasteiger partial charge < -0.3 is 9.47 Å². The molecular formula is C19H21NO4. The maximum atomic E-state index is 12.3. The van der Waals surface area contributed by atoms with Gasteiger partial charge in [-0.15, -0.1) is 0 Å². The number of carbonyl (C=O) groups excluding carboxylic acids is 2. The molecule has 2 aromatic carbocycles.